The van der Waals surface area contributed by atoms with Gasteiger partial charge in [-0.25, -0.2) is 4.79 Å². The molecule has 0 radical (unpaired) electrons. The zero-order valence-corrected chi connectivity index (χ0v) is 12.1. The van der Waals surface area contributed by atoms with E-state index in [-0.39, 0.29) is 12.6 Å². The van der Waals surface area contributed by atoms with E-state index in [4.69, 9.17) is 4.74 Å². The molecule has 20 heavy (non-hydrogen) atoms. The molecule has 2 aliphatic rings. The number of nitrogens with one attached hydrogen (secondary N) is 1. The molecule has 0 aromatic heterocycles. The van der Waals surface area contributed by atoms with Crippen LogP contribution in [0, 0.1) is 5.41 Å². The number of amides is 2. The lowest BCUT2D eigenvalue weighted by Gasteiger charge is -2.34. The normalized spacial score (nSPS) is 22.4. The summed E-state index contributed by atoms with van der Waals surface area (Å²) < 4.78 is 5.22. The molecule has 0 spiro atoms. The summed E-state index contributed by atoms with van der Waals surface area (Å²) in [6, 6.07) is 0.134. The maximum Gasteiger partial charge on any atom is 0.317 e. The second-order valence-corrected chi connectivity index (χ2v) is 5.91. The quantitative estimate of drug-likeness (QED) is 0.819. The summed E-state index contributed by atoms with van der Waals surface area (Å²) >= 11 is 0. The molecule has 1 aliphatic carbocycles. The van der Waals surface area contributed by atoms with Gasteiger partial charge < -0.3 is 20.1 Å². The van der Waals surface area contributed by atoms with Crippen LogP contribution >= 0.6 is 0 Å². The van der Waals surface area contributed by atoms with Gasteiger partial charge in [0.05, 0.1) is 5.41 Å². The minimum atomic E-state index is -0.871. The fourth-order valence-electron chi connectivity index (χ4n) is 3.06. The van der Waals surface area contributed by atoms with Crippen molar-refractivity contribution in [3.8, 4) is 0 Å². The Kier molecular flexibility index (Phi) is 4.86. The van der Waals surface area contributed by atoms with Crippen LogP contribution in [0.1, 0.15) is 38.5 Å². The van der Waals surface area contributed by atoms with Gasteiger partial charge in [0.25, 0.3) is 0 Å². The van der Waals surface area contributed by atoms with E-state index in [1.807, 2.05) is 0 Å². The Morgan fingerprint density at radius 1 is 1.30 bits per heavy atom. The maximum absolute atomic E-state index is 12.1. The van der Waals surface area contributed by atoms with E-state index in [1.54, 1.807) is 11.9 Å². The molecule has 0 unspecified atom stereocenters. The van der Waals surface area contributed by atoms with Gasteiger partial charge in [0.15, 0.2) is 0 Å². The molecule has 0 aromatic carbocycles. The van der Waals surface area contributed by atoms with Crippen molar-refractivity contribution in [2.45, 2.75) is 44.6 Å². The first-order chi connectivity index (χ1) is 9.55. The molecular formula is C14H24N2O4. The Morgan fingerprint density at radius 2 is 1.90 bits per heavy atom. The third kappa shape index (κ3) is 3.23. The van der Waals surface area contributed by atoms with Crippen LogP contribution < -0.4 is 5.32 Å². The molecule has 6 nitrogen and oxygen atoms in total. The van der Waals surface area contributed by atoms with Gasteiger partial charge in [-0.3, -0.25) is 4.79 Å². The van der Waals surface area contributed by atoms with Crippen molar-refractivity contribution >= 4 is 12.0 Å². The number of hydrogen-bond donors (Lipinski definition) is 2. The van der Waals surface area contributed by atoms with Gasteiger partial charge in [-0.1, -0.05) is 12.8 Å². The average Bonchev–Trinajstić information content (AvgIpc) is 2.99. The van der Waals surface area contributed by atoms with E-state index in [2.05, 4.69) is 5.32 Å². The predicted molar refractivity (Wildman–Crippen MR) is 73.5 cm³/mol. The van der Waals surface area contributed by atoms with Crippen LogP contribution in [0.3, 0.4) is 0 Å². The van der Waals surface area contributed by atoms with Crippen LogP contribution in [0.4, 0.5) is 4.79 Å². The Bertz CT molecular complexity index is 360. The predicted octanol–water partition coefficient (Wildman–Crippen LogP) is 1.45. The highest BCUT2D eigenvalue weighted by molar-refractivity contribution is 5.78. The molecule has 2 rings (SSSR count). The number of carboxylic acid groups (broad SMARTS) is 1. The highest BCUT2D eigenvalue weighted by atomic mass is 16.5. The molecule has 1 saturated carbocycles. The number of rotatable bonds is 4. The van der Waals surface area contributed by atoms with Crippen LogP contribution in [-0.2, 0) is 9.53 Å². The first-order valence-corrected chi connectivity index (χ1v) is 7.37. The maximum atomic E-state index is 12.1. The number of nitrogens with zero attached hydrogens (tertiary/aromatic N) is 1. The molecule has 1 saturated heterocycles. The number of urea groups is 1. The first kappa shape index (κ1) is 15.1. The summed E-state index contributed by atoms with van der Waals surface area (Å²) in [6.45, 7) is 1.07. The fraction of sp³-hybridized carbons (Fsp3) is 0.857. The fourth-order valence-corrected chi connectivity index (χ4v) is 3.06. The summed E-state index contributed by atoms with van der Waals surface area (Å²) in [4.78, 5) is 25.3. The van der Waals surface area contributed by atoms with E-state index >= 15 is 0 Å². The second kappa shape index (κ2) is 6.43. The molecule has 1 aliphatic heterocycles. The second-order valence-electron chi connectivity index (χ2n) is 5.91. The highest BCUT2D eigenvalue weighted by Gasteiger charge is 2.40. The average molecular weight is 284 g/mol. The molecule has 2 amide bonds. The number of hydrogen-bond acceptors (Lipinski definition) is 3. The van der Waals surface area contributed by atoms with Gasteiger partial charge in [0.1, 0.15) is 0 Å². The van der Waals surface area contributed by atoms with Crippen LogP contribution in [-0.4, -0.2) is 54.9 Å². The van der Waals surface area contributed by atoms with Crippen molar-refractivity contribution in [1.29, 1.82) is 0 Å². The molecule has 2 N–H and O–H groups in total. The van der Waals surface area contributed by atoms with Gasteiger partial charge in [-0.05, 0) is 25.7 Å². The van der Waals surface area contributed by atoms with Crippen molar-refractivity contribution < 1.29 is 19.4 Å². The summed E-state index contributed by atoms with van der Waals surface area (Å²) in [6.07, 6.45) is 5.33. The number of aliphatic carboxylic acids is 1. The van der Waals surface area contributed by atoms with E-state index in [0.717, 1.165) is 12.8 Å². The standard InChI is InChI=1S/C14H24N2O4/c1-16(11-4-2-3-5-11)13(19)15-10-14(12(17)18)6-8-20-9-7-14/h11H,2-10H2,1H3,(H,15,19)(H,17,18). The van der Waals surface area contributed by atoms with Crippen molar-refractivity contribution in [3.05, 3.63) is 0 Å². The molecule has 114 valence electrons. The molecule has 0 bridgehead atoms. The lowest BCUT2D eigenvalue weighted by atomic mass is 9.80. The molecule has 0 aromatic rings. The molecule has 6 heteroatoms. The van der Waals surface area contributed by atoms with Crippen molar-refractivity contribution in [2.75, 3.05) is 26.8 Å². The van der Waals surface area contributed by atoms with Crippen molar-refractivity contribution in [1.82, 2.24) is 10.2 Å². The van der Waals surface area contributed by atoms with E-state index in [0.29, 0.717) is 32.1 Å². The zero-order valence-electron chi connectivity index (χ0n) is 12.1. The molecule has 2 fully saturated rings. The Hall–Kier alpha value is -1.30. The summed E-state index contributed by atoms with van der Waals surface area (Å²) in [5.41, 5.74) is -0.871. The van der Waals surface area contributed by atoms with Crippen molar-refractivity contribution in [3.63, 3.8) is 0 Å². The van der Waals surface area contributed by atoms with Gasteiger partial charge in [-0.2, -0.15) is 0 Å². The molecular weight excluding hydrogens is 260 g/mol. The van der Waals surface area contributed by atoms with Gasteiger partial charge in [0, 0.05) is 32.8 Å². The first-order valence-electron chi connectivity index (χ1n) is 7.37. The Labute approximate surface area is 119 Å². The monoisotopic (exact) mass is 284 g/mol. The summed E-state index contributed by atoms with van der Waals surface area (Å²) in [7, 11) is 1.79. The number of ether oxygens (including phenoxy) is 1. The van der Waals surface area contributed by atoms with Gasteiger partial charge in [-0.15, -0.1) is 0 Å². The van der Waals surface area contributed by atoms with E-state index < -0.39 is 11.4 Å². The Morgan fingerprint density at radius 3 is 2.45 bits per heavy atom. The number of carboxylic acids is 1. The van der Waals surface area contributed by atoms with E-state index in [1.165, 1.54) is 12.8 Å². The lowest BCUT2D eigenvalue weighted by Crippen LogP contribution is -2.50. The largest absolute Gasteiger partial charge is 0.481 e. The number of carbonyl (C=O) groups excluding carboxylic acids is 1. The van der Waals surface area contributed by atoms with Crippen LogP contribution in [0.15, 0.2) is 0 Å². The highest BCUT2D eigenvalue weighted by Crippen LogP contribution is 2.30. The van der Waals surface area contributed by atoms with Crippen LogP contribution in [0.5, 0.6) is 0 Å². The van der Waals surface area contributed by atoms with Gasteiger partial charge in [0.2, 0.25) is 0 Å². The topological polar surface area (TPSA) is 78.9 Å². The minimum Gasteiger partial charge on any atom is -0.481 e. The third-order valence-corrected chi connectivity index (χ3v) is 4.67. The minimum absolute atomic E-state index is 0.163. The summed E-state index contributed by atoms with van der Waals surface area (Å²) in [5.74, 6) is -0.843. The van der Waals surface area contributed by atoms with Gasteiger partial charge >= 0.3 is 12.0 Å². The third-order valence-electron chi connectivity index (χ3n) is 4.67. The SMILES string of the molecule is CN(C(=O)NCC1(C(=O)O)CCOCC1)C1CCCC1. The van der Waals surface area contributed by atoms with E-state index in [9.17, 15) is 14.7 Å². The van der Waals surface area contributed by atoms with Crippen LogP contribution in [0.25, 0.3) is 0 Å². The Balaban J connectivity index is 1.88. The zero-order chi connectivity index (χ0) is 14.6. The smallest absolute Gasteiger partial charge is 0.317 e. The van der Waals surface area contributed by atoms with Crippen molar-refractivity contribution in [2.24, 2.45) is 5.41 Å². The summed E-state index contributed by atoms with van der Waals surface area (Å²) in [5, 5.41) is 12.2. The lowest BCUT2D eigenvalue weighted by molar-refractivity contribution is -0.154. The van der Waals surface area contributed by atoms with Crippen LogP contribution in [0.2, 0.25) is 0 Å². The number of carbonyl (C=O) groups is 2. The molecule has 0 atom stereocenters. The molecule has 1 heterocycles.